The molecule has 4 heteroatoms. The molecule has 1 aromatic carbocycles. The van der Waals surface area contributed by atoms with E-state index in [1.807, 2.05) is 6.92 Å². The van der Waals surface area contributed by atoms with Gasteiger partial charge in [0.1, 0.15) is 5.78 Å². The van der Waals surface area contributed by atoms with Gasteiger partial charge >= 0.3 is 0 Å². The summed E-state index contributed by atoms with van der Waals surface area (Å²) in [5.74, 6) is -0.280. The van der Waals surface area contributed by atoms with Crippen LogP contribution in [0.2, 0.25) is 0 Å². The average molecular weight is 238 g/mol. The van der Waals surface area contributed by atoms with Gasteiger partial charge in [-0.15, -0.1) is 0 Å². The van der Waals surface area contributed by atoms with Crippen molar-refractivity contribution in [3.63, 3.8) is 0 Å². The molecular weight excluding hydrogens is 220 g/mol. The number of ketones is 1. The van der Waals surface area contributed by atoms with Crippen LogP contribution in [0.25, 0.3) is 0 Å². The summed E-state index contributed by atoms with van der Waals surface area (Å²) in [6.45, 7) is 4.11. The van der Waals surface area contributed by atoms with E-state index >= 15 is 0 Å². The summed E-state index contributed by atoms with van der Waals surface area (Å²) in [6, 6.07) is 3.17. The molecule has 0 aliphatic carbocycles. The summed E-state index contributed by atoms with van der Waals surface area (Å²) < 4.78 is 5.13. The molecule has 2 N–H and O–H groups in total. The molecule has 1 aromatic rings. The van der Waals surface area contributed by atoms with Crippen LogP contribution >= 0.6 is 0 Å². The van der Waals surface area contributed by atoms with Gasteiger partial charge in [0.2, 0.25) is 5.75 Å². The summed E-state index contributed by atoms with van der Waals surface area (Å²) in [4.78, 5) is 11.5. The van der Waals surface area contributed by atoms with Crippen molar-refractivity contribution in [3.8, 4) is 17.2 Å². The van der Waals surface area contributed by atoms with Crippen molar-refractivity contribution in [1.82, 2.24) is 0 Å². The lowest BCUT2D eigenvalue weighted by molar-refractivity contribution is -0.118. The Kier molecular flexibility index (Phi) is 4.82. The van der Waals surface area contributed by atoms with E-state index in [4.69, 9.17) is 4.74 Å². The quantitative estimate of drug-likeness (QED) is 0.747. The largest absolute Gasteiger partial charge is 0.504 e. The number of benzene rings is 1. The van der Waals surface area contributed by atoms with E-state index in [1.165, 1.54) is 0 Å². The first-order chi connectivity index (χ1) is 8.10. The topological polar surface area (TPSA) is 66.8 Å². The minimum absolute atomic E-state index is 0.0476. The van der Waals surface area contributed by atoms with Gasteiger partial charge in [-0.1, -0.05) is 13.0 Å². The van der Waals surface area contributed by atoms with Crippen LogP contribution in [0.5, 0.6) is 17.2 Å². The fourth-order valence-electron chi connectivity index (χ4n) is 1.60. The molecular formula is C13H18O4. The smallest absolute Gasteiger partial charge is 0.200 e. The Hall–Kier alpha value is -1.71. The van der Waals surface area contributed by atoms with Gasteiger partial charge in [-0.05, 0) is 19.4 Å². The van der Waals surface area contributed by atoms with Crippen LogP contribution in [-0.2, 0) is 11.2 Å². The highest BCUT2D eigenvalue weighted by atomic mass is 16.5. The molecule has 0 saturated carbocycles. The molecule has 0 radical (unpaired) electrons. The van der Waals surface area contributed by atoms with E-state index in [9.17, 15) is 15.0 Å². The molecule has 0 unspecified atom stereocenters. The van der Waals surface area contributed by atoms with Crippen molar-refractivity contribution in [2.75, 3.05) is 6.61 Å². The van der Waals surface area contributed by atoms with Crippen LogP contribution in [0.1, 0.15) is 32.3 Å². The number of hydrogen-bond donors (Lipinski definition) is 2. The maximum atomic E-state index is 11.5. The number of rotatable bonds is 6. The molecule has 1 rings (SSSR count). The Balaban J connectivity index is 2.88. The summed E-state index contributed by atoms with van der Waals surface area (Å²) in [6.07, 6.45) is 1.40. The molecule has 0 saturated heterocycles. The monoisotopic (exact) mass is 238 g/mol. The van der Waals surface area contributed by atoms with E-state index in [0.717, 1.165) is 6.42 Å². The van der Waals surface area contributed by atoms with Crippen molar-refractivity contribution in [1.29, 1.82) is 0 Å². The van der Waals surface area contributed by atoms with Crippen molar-refractivity contribution >= 4 is 5.78 Å². The molecule has 0 aromatic heterocycles. The van der Waals surface area contributed by atoms with E-state index in [0.29, 0.717) is 18.6 Å². The van der Waals surface area contributed by atoms with Gasteiger partial charge in [0.25, 0.3) is 0 Å². The van der Waals surface area contributed by atoms with E-state index in [2.05, 4.69) is 0 Å². The van der Waals surface area contributed by atoms with E-state index in [-0.39, 0.29) is 29.5 Å². The van der Waals surface area contributed by atoms with Crippen molar-refractivity contribution < 1.29 is 19.7 Å². The minimum atomic E-state index is -0.298. The van der Waals surface area contributed by atoms with E-state index in [1.54, 1.807) is 19.1 Å². The molecule has 0 amide bonds. The Morgan fingerprint density at radius 1 is 1.24 bits per heavy atom. The van der Waals surface area contributed by atoms with Gasteiger partial charge in [0, 0.05) is 18.4 Å². The second-order valence-corrected chi connectivity index (χ2v) is 3.82. The number of hydrogen-bond acceptors (Lipinski definition) is 4. The number of aromatic hydroxyl groups is 2. The minimum Gasteiger partial charge on any atom is -0.504 e. The summed E-state index contributed by atoms with van der Waals surface area (Å²) in [5, 5.41) is 19.4. The maximum absolute atomic E-state index is 11.5. The lowest BCUT2D eigenvalue weighted by Gasteiger charge is -2.10. The van der Waals surface area contributed by atoms with Gasteiger partial charge in [-0.25, -0.2) is 0 Å². The third-order valence-corrected chi connectivity index (χ3v) is 2.41. The molecule has 0 heterocycles. The molecule has 17 heavy (non-hydrogen) atoms. The predicted octanol–water partition coefficient (Wildman–Crippen LogP) is 2.41. The van der Waals surface area contributed by atoms with Crippen LogP contribution in [0.15, 0.2) is 12.1 Å². The molecule has 94 valence electrons. The highest BCUT2D eigenvalue weighted by molar-refractivity contribution is 5.82. The third-order valence-electron chi connectivity index (χ3n) is 2.41. The SMILES string of the molecule is CCCC(=O)Cc1ccc(OCC)c(O)c1O. The maximum Gasteiger partial charge on any atom is 0.200 e. The highest BCUT2D eigenvalue weighted by Crippen LogP contribution is 2.38. The number of ether oxygens (including phenoxy) is 1. The normalized spacial score (nSPS) is 10.2. The molecule has 0 fully saturated rings. The standard InChI is InChI=1S/C13H18O4/c1-3-5-10(14)8-9-6-7-11(17-4-2)13(16)12(9)15/h6-7,15-16H,3-5,8H2,1-2H3. The Labute approximate surface area is 101 Å². The van der Waals surface area contributed by atoms with Crippen LogP contribution in [0, 0.1) is 0 Å². The molecule has 0 spiro atoms. The molecule has 0 aliphatic rings. The summed E-state index contributed by atoms with van der Waals surface area (Å²) in [5.41, 5.74) is 0.435. The second kappa shape index (κ2) is 6.13. The molecule has 4 nitrogen and oxygen atoms in total. The van der Waals surface area contributed by atoms with Gasteiger partial charge < -0.3 is 14.9 Å². The first kappa shape index (κ1) is 13.4. The Morgan fingerprint density at radius 3 is 2.53 bits per heavy atom. The predicted molar refractivity (Wildman–Crippen MR) is 64.6 cm³/mol. The number of carbonyl (C=O) groups excluding carboxylic acids is 1. The van der Waals surface area contributed by atoms with Gasteiger partial charge in [0.05, 0.1) is 6.61 Å². The second-order valence-electron chi connectivity index (χ2n) is 3.82. The fourth-order valence-corrected chi connectivity index (χ4v) is 1.60. The van der Waals surface area contributed by atoms with Gasteiger partial charge in [-0.3, -0.25) is 4.79 Å². The van der Waals surface area contributed by atoms with Crippen LogP contribution < -0.4 is 4.74 Å². The number of phenols is 2. The Morgan fingerprint density at radius 2 is 1.94 bits per heavy atom. The van der Waals surface area contributed by atoms with Crippen molar-refractivity contribution in [3.05, 3.63) is 17.7 Å². The van der Waals surface area contributed by atoms with Gasteiger partial charge in [-0.2, -0.15) is 0 Å². The van der Waals surface area contributed by atoms with Crippen molar-refractivity contribution in [2.45, 2.75) is 33.1 Å². The fraction of sp³-hybridized carbons (Fsp3) is 0.462. The summed E-state index contributed by atoms with van der Waals surface area (Å²) in [7, 11) is 0. The number of Topliss-reactive ketones (excluding diaryl/α,β-unsaturated/α-hetero) is 1. The molecule has 0 bridgehead atoms. The average Bonchev–Trinajstić information content (AvgIpc) is 2.29. The molecule has 0 atom stereocenters. The van der Waals surface area contributed by atoms with Gasteiger partial charge in [0.15, 0.2) is 11.5 Å². The first-order valence-corrected chi connectivity index (χ1v) is 5.78. The number of phenolic OH excluding ortho intramolecular Hbond substituents is 2. The summed E-state index contributed by atoms with van der Waals surface area (Å²) >= 11 is 0. The van der Waals surface area contributed by atoms with Crippen LogP contribution in [0.3, 0.4) is 0 Å². The lowest BCUT2D eigenvalue weighted by atomic mass is 10.0. The third kappa shape index (κ3) is 3.37. The lowest BCUT2D eigenvalue weighted by Crippen LogP contribution is -2.02. The first-order valence-electron chi connectivity index (χ1n) is 5.78. The zero-order valence-electron chi connectivity index (χ0n) is 10.2. The van der Waals surface area contributed by atoms with E-state index < -0.39 is 0 Å². The highest BCUT2D eigenvalue weighted by Gasteiger charge is 2.14. The zero-order chi connectivity index (χ0) is 12.8. The number of carbonyl (C=O) groups is 1. The Bertz CT molecular complexity index is 399. The zero-order valence-corrected chi connectivity index (χ0v) is 10.2. The molecule has 0 aliphatic heterocycles. The van der Waals surface area contributed by atoms with Crippen molar-refractivity contribution in [2.24, 2.45) is 0 Å². The van der Waals surface area contributed by atoms with Crippen LogP contribution in [0.4, 0.5) is 0 Å². The van der Waals surface area contributed by atoms with Crippen LogP contribution in [-0.4, -0.2) is 22.6 Å².